The molecule has 0 heterocycles. The van der Waals surface area contributed by atoms with Gasteiger partial charge in [-0.2, -0.15) is 14.7 Å². The SMILES string of the molecule is CC(C)C(OO)OOC(OO)C(C)C.CCCCOOC(=O)c1ccccc1. The highest BCUT2D eigenvalue weighted by Gasteiger charge is 2.21. The molecule has 2 N–H and O–H groups in total. The predicted molar refractivity (Wildman–Crippen MR) is 99.6 cm³/mol. The Morgan fingerprint density at radius 3 is 1.82 bits per heavy atom. The van der Waals surface area contributed by atoms with Crippen molar-refractivity contribution in [2.24, 2.45) is 11.8 Å². The molecule has 0 radical (unpaired) electrons. The lowest BCUT2D eigenvalue weighted by Crippen LogP contribution is -2.29. The standard InChI is InChI=1S/C11H14O3.C8H18O6/c1-2-3-9-13-14-11(12)10-7-5-4-6-8-10;1-5(2)7(11-9)13-14-8(12-10)6(3)4/h4-8H,2-3,9H2,1H3;5-10H,1-4H3. The van der Waals surface area contributed by atoms with Crippen molar-refractivity contribution in [3.63, 3.8) is 0 Å². The third-order valence-corrected chi connectivity index (χ3v) is 3.27. The molecule has 0 spiro atoms. The molecule has 0 bridgehead atoms. The Kier molecular flexibility index (Phi) is 15.4. The van der Waals surface area contributed by atoms with Crippen LogP contribution < -0.4 is 0 Å². The largest absolute Gasteiger partial charge is 0.373 e. The van der Waals surface area contributed by atoms with Crippen molar-refractivity contribution in [1.29, 1.82) is 0 Å². The third kappa shape index (κ3) is 12.0. The van der Waals surface area contributed by atoms with Crippen LogP contribution in [-0.4, -0.2) is 35.7 Å². The number of unbranched alkanes of at least 4 members (excludes halogenated alkanes) is 1. The molecule has 0 aliphatic carbocycles. The lowest BCUT2D eigenvalue weighted by Gasteiger charge is -2.21. The van der Waals surface area contributed by atoms with E-state index in [9.17, 15) is 4.79 Å². The summed E-state index contributed by atoms with van der Waals surface area (Å²) in [5.41, 5.74) is 0.504. The van der Waals surface area contributed by atoms with Crippen LogP contribution in [0.1, 0.15) is 57.8 Å². The summed E-state index contributed by atoms with van der Waals surface area (Å²) >= 11 is 0. The van der Waals surface area contributed by atoms with E-state index in [4.69, 9.17) is 25.2 Å². The molecule has 28 heavy (non-hydrogen) atoms. The molecule has 0 amide bonds. The van der Waals surface area contributed by atoms with Gasteiger partial charge in [-0.05, 0) is 18.6 Å². The average Bonchev–Trinajstić information content (AvgIpc) is 2.69. The zero-order chi connectivity index (χ0) is 21.4. The molecular formula is C19H32O9. The molecule has 0 aliphatic rings. The summed E-state index contributed by atoms with van der Waals surface area (Å²) in [5.74, 6) is -0.625. The maximum atomic E-state index is 11.3. The van der Waals surface area contributed by atoms with Gasteiger partial charge in [0, 0.05) is 11.8 Å². The lowest BCUT2D eigenvalue weighted by atomic mass is 10.2. The molecular weight excluding hydrogens is 372 g/mol. The number of hydrogen-bond donors (Lipinski definition) is 2. The zero-order valence-electron chi connectivity index (χ0n) is 17.1. The van der Waals surface area contributed by atoms with Gasteiger partial charge in [-0.1, -0.05) is 59.2 Å². The number of carbonyl (C=O) groups excluding carboxylic acids is 1. The normalized spacial score (nSPS) is 13.0. The predicted octanol–water partition coefficient (Wildman–Crippen LogP) is 4.45. The van der Waals surface area contributed by atoms with Crippen LogP contribution >= 0.6 is 0 Å². The molecule has 0 aliphatic heterocycles. The van der Waals surface area contributed by atoms with Gasteiger partial charge in [0.15, 0.2) is 0 Å². The van der Waals surface area contributed by atoms with Crippen molar-refractivity contribution in [3.8, 4) is 0 Å². The summed E-state index contributed by atoms with van der Waals surface area (Å²) in [7, 11) is 0. The number of carbonyl (C=O) groups is 1. The fourth-order valence-electron chi connectivity index (χ4n) is 1.53. The lowest BCUT2D eigenvalue weighted by molar-refractivity contribution is -0.519. The molecule has 1 rings (SSSR count). The molecule has 9 nitrogen and oxygen atoms in total. The van der Waals surface area contributed by atoms with Gasteiger partial charge in [0.1, 0.15) is 0 Å². The van der Waals surface area contributed by atoms with Gasteiger partial charge in [0.2, 0.25) is 12.6 Å². The van der Waals surface area contributed by atoms with Crippen LogP contribution in [0, 0.1) is 11.8 Å². The van der Waals surface area contributed by atoms with E-state index in [2.05, 4.69) is 14.7 Å². The van der Waals surface area contributed by atoms with E-state index >= 15 is 0 Å². The van der Waals surface area contributed by atoms with Gasteiger partial charge in [-0.3, -0.25) is 4.89 Å². The Balaban J connectivity index is 0.000000521. The fraction of sp³-hybridized carbons (Fsp3) is 0.632. The van der Waals surface area contributed by atoms with Crippen LogP contribution in [-0.2, 0) is 29.3 Å². The molecule has 0 aromatic heterocycles. The molecule has 1 aromatic carbocycles. The number of rotatable bonds is 12. The molecule has 162 valence electrons. The van der Waals surface area contributed by atoms with Gasteiger partial charge in [0.25, 0.3) is 0 Å². The van der Waals surface area contributed by atoms with E-state index in [1.54, 1.807) is 52.0 Å². The second-order valence-electron chi connectivity index (χ2n) is 6.54. The molecule has 0 saturated carbocycles. The van der Waals surface area contributed by atoms with Gasteiger partial charge in [0.05, 0.1) is 12.2 Å². The maximum absolute atomic E-state index is 11.3. The van der Waals surface area contributed by atoms with Crippen molar-refractivity contribution in [2.45, 2.75) is 60.0 Å². The van der Waals surface area contributed by atoms with Crippen molar-refractivity contribution >= 4 is 5.97 Å². The van der Waals surface area contributed by atoms with E-state index in [0.717, 1.165) is 12.8 Å². The minimum atomic E-state index is -0.911. The van der Waals surface area contributed by atoms with E-state index in [1.165, 1.54) is 0 Å². The molecule has 0 fully saturated rings. The van der Waals surface area contributed by atoms with Crippen LogP contribution in [0.3, 0.4) is 0 Å². The first-order valence-electron chi connectivity index (χ1n) is 9.18. The molecule has 0 saturated heterocycles. The highest BCUT2D eigenvalue weighted by atomic mass is 17.3. The molecule has 1 aromatic rings. The van der Waals surface area contributed by atoms with E-state index in [0.29, 0.717) is 12.2 Å². The summed E-state index contributed by atoms with van der Waals surface area (Å²) < 4.78 is 0. The molecule has 9 heteroatoms. The maximum Gasteiger partial charge on any atom is 0.373 e. The van der Waals surface area contributed by atoms with Gasteiger partial charge in [-0.25, -0.2) is 25.1 Å². The van der Waals surface area contributed by atoms with Gasteiger partial charge in [-0.15, -0.1) is 0 Å². The fourth-order valence-corrected chi connectivity index (χ4v) is 1.53. The Labute approximate surface area is 165 Å². The Morgan fingerprint density at radius 2 is 1.43 bits per heavy atom. The van der Waals surface area contributed by atoms with Crippen molar-refractivity contribution in [3.05, 3.63) is 35.9 Å². The first-order valence-corrected chi connectivity index (χ1v) is 9.18. The smallest absolute Gasteiger partial charge is 0.293 e. The van der Waals surface area contributed by atoms with Crippen LogP contribution in [0.4, 0.5) is 0 Å². The van der Waals surface area contributed by atoms with Gasteiger partial charge < -0.3 is 0 Å². The topological polar surface area (TPSA) is 113 Å². The van der Waals surface area contributed by atoms with Crippen molar-refractivity contribution < 1.29 is 44.6 Å². The zero-order valence-corrected chi connectivity index (χ0v) is 17.1. The van der Waals surface area contributed by atoms with Crippen LogP contribution in [0.15, 0.2) is 30.3 Å². The van der Waals surface area contributed by atoms with Crippen molar-refractivity contribution in [1.82, 2.24) is 0 Å². The molecule has 2 atom stereocenters. The summed E-state index contributed by atoms with van der Waals surface area (Å²) in [4.78, 5) is 38.0. The number of benzene rings is 1. The molecule has 2 unspecified atom stereocenters. The first kappa shape index (κ1) is 26.4. The Bertz CT molecular complexity index is 477. The summed E-state index contributed by atoms with van der Waals surface area (Å²) in [6, 6.07) is 8.77. The van der Waals surface area contributed by atoms with Gasteiger partial charge >= 0.3 is 5.97 Å². The van der Waals surface area contributed by atoms with Crippen LogP contribution in [0.25, 0.3) is 0 Å². The average molecular weight is 404 g/mol. The number of hydrogen-bond acceptors (Lipinski definition) is 9. The third-order valence-electron chi connectivity index (χ3n) is 3.27. The van der Waals surface area contributed by atoms with Crippen LogP contribution in [0.2, 0.25) is 0 Å². The van der Waals surface area contributed by atoms with Crippen molar-refractivity contribution in [2.75, 3.05) is 6.61 Å². The highest BCUT2D eigenvalue weighted by Crippen LogP contribution is 2.13. The highest BCUT2D eigenvalue weighted by molar-refractivity contribution is 5.88. The first-order chi connectivity index (χ1) is 13.4. The monoisotopic (exact) mass is 404 g/mol. The van der Waals surface area contributed by atoms with Crippen LogP contribution in [0.5, 0.6) is 0 Å². The Morgan fingerprint density at radius 1 is 0.929 bits per heavy atom. The van der Waals surface area contributed by atoms with E-state index in [-0.39, 0.29) is 11.8 Å². The summed E-state index contributed by atoms with van der Waals surface area (Å²) in [5, 5.41) is 16.8. The minimum absolute atomic E-state index is 0.0912. The Hall–Kier alpha value is -1.59. The minimum Gasteiger partial charge on any atom is -0.293 e. The summed E-state index contributed by atoms with van der Waals surface area (Å²) in [6.07, 6.45) is 0.0862. The second-order valence-corrected chi connectivity index (χ2v) is 6.54. The summed E-state index contributed by atoms with van der Waals surface area (Å²) in [6.45, 7) is 9.59. The second kappa shape index (κ2) is 16.4. The van der Waals surface area contributed by atoms with E-state index < -0.39 is 18.5 Å². The van der Waals surface area contributed by atoms with E-state index in [1.807, 2.05) is 13.0 Å². The quantitative estimate of drug-likeness (QED) is 0.226.